The van der Waals surface area contributed by atoms with Gasteiger partial charge in [0.15, 0.2) is 0 Å². The van der Waals surface area contributed by atoms with Crippen molar-refractivity contribution in [3.8, 4) is 5.75 Å². The lowest BCUT2D eigenvalue weighted by molar-refractivity contribution is -0.274. The van der Waals surface area contributed by atoms with Crippen LogP contribution in [0, 0.1) is 0 Å². The van der Waals surface area contributed by atoms with Crippen LogP contribution < -0.4 is 10.5 Å². The zero-order valence-corrected chi connectivity index (χ0v) is 10.7. The van der Waals surface area contributed by atoms with E-state index in [-0.39, 0.29) is 24.2 Å². The highest BCUT2D eigenvalue weighted by Gasteiger charge is 2.31. The molecule has 1 aromatic rings. The first-order chi connectivity index (χ1) is 9.74. The molecule has 0 radical (unpaired) electrons. The Bertz CT molecular complexity index is 532. The summed E-state index contributed by atoms with van der Waals surface area (Å²) in [4.78, 5) is 2.47. The second-order valence-electron chi connectivity index (χ2n) is 4.09. The van der Waals surface area contributed by atoms with Crippen LogP contribution in [0.1, 0.15) is 18.1 Å². The van der Waals surface area contributed by atoms with E-state index >= 15 is 0 Å². The summed E-state index contributed by atoms with van der Waals surface area (Å²) in [5.74, 6) is -0.562. The van der Waals surface area contributed by atoms with Crippen molar-refractivity contribution >= 4 is 5.69 Å². The summed E-state index contributed by atoms with van der Waals surface area (Å²) in [5, 5.41) is 22.8. The predicted octanol–water partition coefficient (Wildman–Crippen LogP) is 2.26. The summed E-state index contributed by atoms with van der Waals surface area (Å²) >= 11 is 0. The van der Waals surface area contributed by atoms with Crippen LogP contribution in [0.3, 0.4) is 0 Å². The summed E-state index contributed by atoms with van der Waals surface area (Å²) in [7, 11) is 0. The lowest BCUT2D eigenvalue weighted by atomic mass is 10.0. The number of anilines is 1. The fourth-order valence-electron chi connectivity index (χ4n) is 1.61. The number of benzene rings is 1. The Kier molecular flexibility index (Phi) is 5.65. The molecular formula is C11H13F3N4O3. The summed E-state index contributed by atoms with van der Waals surface area (Å²) in [6.07, 6.45) is -7.83. The molecule has 2 atom stereocenters. The summed E-state index contributed by atoms with van der Waals surface area (Å²) in [6.45, 7) is -0.0760. The molecule has 0 saturated carbocycles. The van der Waals surface area contributed by atoms with E-state index in [4.69, 9.17) is 11.3 Å². The van der Waals surface area contributed by atoms with E-state index in [0.717, 1.165) is 18.2 Å². The molecule has 0 spiro atoms. The third kappa shape index (κ3) is 5.38. The first kappa shape index (κ1) is 16.9. The van der Waals surface area contributed by atoms with Gasteiger partial charge in [-0.25, -0.2) is 0 Å². The molecule has 0 saturated heterocycles. The number of aliphatic hydroxyl groups excluding tert-OH is 2. The number of halogens is 3. The molecule has 0 aliphatic rings. The number of aliphatic hydroxyl groups is 2. The van der Waals surface area contributed by atoms with Gasteiger partial charge < -0.3 is 20.7 Å². The SMILES string of the molecule is [N-]=[N+]=NCCC(O)C(O)c1cc(OC(F)(F)F)ccc1N. The van der Waals surface area contributed by atoms with E-state index in [2.05, 4.69) is 14.8 Å². The fraction of sp³-hybridized carbons (Fsp3) is 0.455. The minimum Gasteiger partial charge on any atom is -0.406 e. The Morgan fingerprint density at radius 2 is 2.05 bits per heavy atom. The minimum atomic E-state index is -4.88. The Morgan fingerprint density at radius 3 is 2.62 bits per heavy atom. The van der Waals surface area contributed by atoms with Crippen molar-refractivity contribution < 1.29 is 28.1 Å². The van der Waals surface area contributed by atoms with Crippen molar-refractivity contribution in [1.29, 1.82) is 0 Å². The van der Waals surface area contributed by atoms with Crippen molar-refractivity contribution in [1.82, 2.24) is 0 Å². The average molecular weight is 306 g/mol. The van der Waals surface area contributed by atoms with E-state index in [0.29, 0.717) is 0 Å². The standard InChI is InChI=1S/C11H13F3N4O3/c12-11(13,14)21-6-1-2-8(15)7(5-6)10(20)9(19)3-4-17-18-16/h1-2,5,9-10,19-20H,3-4,15H2. The maximum absolute atomic E-state index is 12.1. The molecule has 116 valence electrons. The quantitative estimate of drug-likeness (QED) is 0.322. The minimum absolute atomic E-state index is 0.000131. The number of nitrogens with two attached hydrogens (primary N) is 1. The third-order valence-corrected chi connectivity index (χ3v) is 2.56. The molecule has 0 aliphatic carbocycles. The van der Waals surface area contributed by atoms with E-state index in [9.17, 15) is 23.4 Å². The van der Waals surface area contributed by atoms with Gasteiger partial charge in [0.25, 0.3) is 0 Å². The second kappa shape index (κ2) is 7.02. The molecule has 7 nitrogen and oxygen atoms in total. The van der Waals surface area contributed by atoms with E-state index < -0.39 is 24.3 Å². The van der Waals surface area contributed by atoms with Gasteiger partial charge in [-0.1, -0.05) is 5.11 Å². The zero-order chi connectivity index (χ0) is 16.0. The number of rotatable bonds is 6. The highest BCUT2D eigenvalue weighted by Crippen LogP contribution is 2.31. The number of nitrogens with zero attached hydrogens (tertiary/aromatic N) is 3. The molecule has 10 heteroatoms. The second-order valence-corrected chi connectivity index (χ2v) is 4.09. The van der Waals surface area contributed by atoms with Crippen LogP contribution in [0.5, 0.6) is 5.75 Å². The molecule has 2 unspecified atom stereocenters. The Hall–Kier alpha value is -2.16. The summed E-state index contributed by atoms with van der Waals surface area (Å²) in [5.41, 5.74) is 13.5. The van der Waals surface area contributed by atoms with Crippen LogP contribution in [0.15, 0.2) is 23.3 Å². The van der Waals surface area contributed by atoms with E-state index in [1.165, 1.54) is 0 Å². The first-order valence-corrected chi connectivity index (χ1v) is 5.76. The maximum Gasteiger partial charge on any atom is 0.573 e. The van der Waals surface area contributed by atoms with Crippen LogP contribution in [0.25, 0.3) is 10.4 Å². The number of azide groups is 1. The van der Waals surface area contributed by atoms with Crippen LogP contribution in [-0.4, -0.2) is 29.2 Å². The van der Waals surface area contributed by atoms with Gasteiger partial charge in [0.1, 0.15) is 11.9 Å². The topological polar surface area (TPSA) is 124 Å². The van der Waals surface area contributed by atoms with Gasteiger partial charge >= 0.3 is 6.36 Å². The molecule has 0 aromatic heterocycles. The molecule has 4 N–H and O–H groups in total. The number of alkyl halides is 3. The van der Waals surface area contributed by atoms with Crippen molar-refractivity contribution in [2.24, 2.45) is 5.11 Å². The Balaban J connectivity index is 2.89. The van der Waals surface area contributed by atoms with E-state index in [1.807, 2.05) is 0 Å². The molecule has 0 heterocycles. The van der Waals surface area contributed by atoms with Crippen LogP contribution >= 0.6 is 0 Å². The first-order valence-electron chi connectivity index (χ1n) is 5.76. The monoisotopic (exact) mass is 306 g/mol. The zero-order valence-electron chi connectivity index (χ0n) is 10.7. The Labute approximate surface area is 117 Å². The molecule has 0 aliphatic heterocycles. The van der Waals surface area contributed by atoms with Crippen molar-refractivity contribution in [3.05, 3.63) is 34.2 Å². The van der Waals surface area contributed by atoms with E-state index in [1.54, 1.807) is 0 Å². The van der Waals surface area contributed by atoms with Gasteiger partial charge in [-0.15, -0.1) is 13.2 Å². The largest absolute Gasteiger partial charge is 0.573 e. The predicted molar refractivity (Wildman–Crippen MR) is 67.1 cm³/mol. The summed E-state index contributed by atoms with van der Waals surface area (Å²) in [6, 6.07) is 3.01. The molecule has 1 aromatic carbocycles. The van der Waals surface area contributed by atoms with Crippen molar-refractivity contribution in [3.63, 3.8) is 0 Å². The van der Waals surface area contributed by atoms with Gasteiger partial charge in [0.2, 0.25) is 0 Å². The molecule has 0 amide bonds. The van der Waals surface area contributed by atoms with Crippen molar-refractivity contribution in [2.75, 3.05) is 12.3 Å². The highest BCUT2D eigenvalue weighted by molar-refractivity contribution is 5.52. The lowest BCUT2D eigenvalue weighted by Gasteiger charge is -2.20. The van der Waals surface area contributed by atoms with Gasteiger partial charge in [-0.2, -0.15) is 0 Å². The van der Waals surface area contributed by atoms with Gasteiger partial charge in [0, 0.05) is 22.7 Å². The normalized spacial score (nSPS) is 14.1. The van der Waals surface area contributed by atoms with Crippen LogP contribution in [0.2, 0.25) is 0 Å². The molecule has 0 fully saturated rings. The molecule has 21 heavy (non-hydrogen) atoms. The van der Waals surface area contributed by atoms with Gasteiger partial charge in [-0.05, 0) is 30.2 Å². The smallest absolute Gasteiger partial charge is 0.406 e. The molecule has 1 rings (SSSR count). The number of nitrogen functional groups attached to an aromatic ring is 1. The van der Waals surface area contributed by atoms with Crippen LogP contribution in [0.4, 0.5) is 18.9 Å². The molecule has 0 bridgehead atoms. The third-order valence-electron chi connectivity index (χ3n) is 2.56. The Morgan fingerprint density at radius 1 is 1.38 bits per heavy atom. The van der Waals surface area contributed by atoms with Crippen LogP contribution in [-0.2, 0) is 0 Å². The highest BCUT2D eigenvalue weighted by atomic mass is 19.4. The number of hydrogen-bond donors (Lipinski definition) is 3. The lowest BCUT2D eigenvalue weighted by Crippen LogP contribution is -2.21. The molecular weight excluding hydrogens is 293 g/mol. The number of ether oxygens (including phenoxy) is 1. The van der Waals surface area contributed by atoms with Gasteiger partial charge in [0.05, 0.1) is 6.10 Å². The maximum atomic E-state index is 12.1. The fourth-order valence-corrected chi connectivity index (χ4v) is 1.61. The summed E-state index contributed by atoms with van der Waals surface area (Å²) < 4.78 is 40.1. The average Bonchev–Trinajstić information content (AvgIpc) is 2.38. The van der Waals surface area contributed by atoms with Gasteiger partial charge in [-0.3, -0.25) is 0 Å². The number of hydrogen-bond acceptors (Lipinski definition) is 5. The van der Waals surface area contributed by atoms with Crippen molar-refractivity contribution in [2.45, 2.75) is 25.0 Å².